The Balaban J connectivity index is 0.00000264. The number of alkyl halides is 3. The maximum atomic E-state index is 12.0. The van der Waals surface area contributed by atoms with Gasteiger partial charge in [-0.1, -0.05) is 0 Å². The molecule has 0 bridgehead atoms. The molecule has 0 aliphatic carbocycles. The van der Waals surface area contributed by atoms with E-state index in [1.807, 2.05) is 11.4 Å². The van der Waals surface area contributed by atoms with Gasteiger partial charge in [0.2, 0.25) is 0 Å². The van der Waals surface area contributed by atoms with E-state index in [0.29, 0.717) is 12.2 Å². The van der Waals surface area contributed by atoms with Gasteiger partial charge in [0.05, 0.1) is 6.54 Å². The SMILES string of the molecule is I.NC(=NCc1cc(Br)cs1)Nc1ccc(OC(F)(F)F)cc1. The molecule has 3 N–H and O–H groups in total. The highest BCUT2D eigenvalue weighted by molar-refractivity contribution is 14.0. The predicted octanol–water partition coefficient (Wildman–Crippen LogP) is 4.95. The fraction of sp³-hybridized carbons (Fsp3) is 0.154. The van der Waals surface area contributed by atoms with E-state index >= 15 is 0 Å². The Morgan fingerprint density at radius 3 is 2.48 bits per heavy atom. The van der Waals surface area contributed by atoms with Gasteiger partial charge in [0.1, 0.15) is 5.75 Å². The van der Waals surface area contributed by atoms with Gasteiger partial charge in [-0.2, -0.15) is 0 Å². The Morgan fingerprint density at radius 2 is 1.96 bits per heavy atom. The molecule has 0 aliphatic rings. The molecule has 0 amide bonds. The lowest BCUT2D eigenvalue weighted by Gasteiger charge is -2.10. The predicted molar refractivity (Wildman–Crippen MR) is 99.5 cm³/mol. The van der Waals surface area contributed by atoms with E-state index in [4.69, 9.17) is 5.73 Å². The first-order chi connectivity index (χ1) is 10.3. The highest BCUT2D eigenvalue weighted by Crippen LogP contribution is 2.24. The second-order valence-electron chi connectivity index (χ2n) is 4.13. The van der Waals surface area contributed by atoms with Crippen molar-refractivity contribution in [2.24, 2.45) is 10.7 Å². The summed E-state index contributed by atoms with van der Waals surface area (Å²) in [4.78, 5) is 5.18. The number of nitrogens with two attached hydrogens (primary N) is 1. The first kappa shape index (κ1) is 20.0. The van der Waals surface area contributed by atoms with Gasteiger partial charge in [-0.15, -0.1) is 48.5 Å². The smallest absolute Gasteiger partial charge is 0.406 e. The van der Waals surface area contributed by atoms with Crippen molar-refractivity contribution in [1.29, 1.82) is 0 Å². The summed E-state index contributed by atoms with van der Waals surface area (Å²) in [6, 6.07) is 7.17. The summed E-state index contributed by atoms with van der Waals surface area (Å²) in [5.74, 6) is -0.119. The van der Waals surface area contributed by atoms with Crippen LogP contribution in [0, 0.1) is 0 Å². The summed E-state index contributed by atoms with van der Waals surface area (Å²) in [5, 5.41) is 4.73. The van der Waals surface area contributed by atoms with Crippen molar-refractivity contribution < 1.29 is 17.9 Å². The lowest BCUT2D eigenvalue weighted by Crippen LogP contribution is -2.22. The second-order valence-corrected chi connectivity index (χ2v) is 6.04. The minimum absolute atomic E-state index is 0. The number of guanidine groups is 1. The molecule has 1 aromatic carbocycles. The lowest BCUT2D eigenvalue weighted by molar-refractivity contribution is -0.274. The molecule has 0 fully saturated rings. The third-order valence-corrected chi connectivity index (χ3v) is 4.07. The Labute approximate surface area is 160 Å². The number of aliphatic imine (C=N–C) groups is 1. The number of benzene rings is 1. The van der Waals surface area contributed by atoms with Gasteiger partial charge in [-0.25, -0.2) is 4.99 Å². The highest BCUT2D eigenvalue weighted by Gasteiger charge is 2.30. The monoisotopic (exact) mass is 521 g/mol. The van der Waals surface area contributed by atoms with Crippen LogP contribution in [0.4, 0.5) is 18.9 Å². The summed E-state index contributed by atoms with van der Waals surface area (Å²) in [5.41, 5.74) is 6.24. The van der Waals surface area contributed by atoms with Crippen molar-refractivity contribution in [3.05, 3.63) is 45.1 Å². The molecule has 0 atom stereocenters. The number of halogens is 5. The summed E-state index contributed by atoms with van der Waals surface area (Å²) in [6.45, 7) is 0.421. The average molecular weight is 522 g/mol. The zero-order chi connectivity index (χ0) is 16.2. The van der Waals surface area contributed by atoms with Gasteiger partial charge in [0.25, 0.3) is 0 Å². The number of anilines is 1. The molecule has 10 heteroatoms. The summed E-state index contributed by atoms with van der Waals surface area (Å²) < 4.78 is 40.9. The first-order valence-electron chi connectivity index (χ1n) is 5.97. The molecule has 0 spiro atoms. The molecular weight excluding hydrogens is 510 g/mol. The second kappa shape index (κ2) is 8.73. The quantitative estimate of drug-likeness (QED) is 0.340. The van der Waals surface area contributed by atoms with E-state index in [1.54, 1.807) is 11.3 Å². The van der Waals surface area contributed by atoms with Crippen molar-refractivity contribution in [3.8, 4) is 5.75 Å². The van der Waals surface area contributed by atoms with Crippen LogP contribution in [0.3, 0.4) is 0 Å². The van der Waals surface area contributed by atoms with E-state index in [2.05, 4.69) is 31.0 Å². The average Bonchev–Trinajstić information content (AvgIpc) is 2.83. The third kappa shape index (κ3) is 7.40. The standard InChI is InChI=1S/C13H11BrF3N3OS.HI/c14-8-5-11(22-7-8)6-19-12(18)20-9-1-3-10(4-2-9)21-13(15,16)17;/h1-5,7H,6H2,(H3,18,19,20);1H. The van der Waals surface area contributed by atoms with Crippen molar-refractivity contribution in [3.63, 3.8) is 0 Å². The molecule has 0 saturated heterocycles. The number of rotatable bonds is 4. The van der Waals surface area contributed by atoms with Crippen LogP contribution in [-0.4, -0.2) is 12.3 Å². The number of hydrogen-bond acceptors (Lipinski definition) is 3. The van der Waals surface area contributed by atoms with Gasteiger partial charge in [0.15, 0.2) is 5.96 Å². The maximum Gasteiger partial charge on any atom is 0.573 e. The fourth-order valence-corrected chi connectivity index (χ4v) is 2.90. The van der Waals surface area contributed by atoms with Crippen LogP contribution in [-0.2, 0) is 6.54 Å². The fourth-order valence-electron chi connectivity index (χ4n) is 1.53. The largest absolute Gasteiger partial charge is 0.573 e. The van der Waals surface area contributed by atoms with Gasteiger partial charge in [-0.3, -0.25) is 0 Å². The van der Waals surface area contributed by atoms with Crippen LogP contribution in [0.2, 0.25) is 0 Å². The number of ether oxygens (including phenoxy) is 1. The molecule has 1 aromatic heterocycles. The molecule has 1 heterocycles. The normalized spacial score (nSPS) is 11.7. The van der Waals surface area contributed by atoms with Crippen LogP contribution in [0.1, 0.15) is 4.88 Å². The van der Waals surface area contributed by atoms with E-state index in [-0.39, 0.29) is 35.7 Å². The number of thiophene rings is 1. The number of hydrogen-bond donors (Lipinski definition) is 2. The molecule has 4 nitrogen and oxygen atoms in total. The van der Waals surface area contributed by atoms with Crippen LogP contribution in [0.5, 0.6) is 5.75 Å². The minimum atomic E-state index is -4.70. The van der Waals surface area contributed by atoms with Gasteiger partial charge in [0, 0.05) is 20.4 Å². The molecular formula is C13H12BrF3IN3OS. The van der Waals surface area contributed by atoms with E-state index in [0.717, 1.165) is 9.35 Å². The molecule has 2 rings (SSSR count). The van der Waals surface area contributed by atoms with Gasteiger partial charge >= 0.3 is 6.36 Å². The Morgan fingerprint density at radius 1 is 1.30 bits per heavy atom. The molecule has 23 heavy (non-hydrogen) atoms. The van der Waals surface area contributed by atoms with Crippen LogP contribution in [0.15, 0.2) is 45.2 Å². The topological polar surface area (TPSA) is 59.6 Å². The van der Waals surface area contributed by atoms with Crippen LogP contribution in [0.25, 0.3) is 0 Å². The van der Waals surface area contributed by atoms with Crippen molar-refractivity contribution in [1.82, 2.24) is 0 Å². The van der Waals surface area contributed by atoms with E-state index < -0.39 is 6.36 Å². The molecule has 0 aliphatic heterocycles. The minimum Gasteiger partial charge on any atom is -0.406 e. The molecule has 126 valence electrons. The lowest BCUT2D eigenvalue weighted by atomic mass is 10.3. The summed E-state index contributed by atoms with van der Waals surface area (Å²) >= 11 is 4.89. The van der Waals surface area contributed by atoms with Gasteiger partial charge in [-0.05, 0) is 46.3 Å². The van der Waals surface area contributed by atoms with E-state index in [1.165, 1.54) is 24.3 Å². The Hall–Kier alpha value is -1.01. The molecule has 0 radical (unpaired) electrons. The van der Waals surface area contributed by atoms with Crippen molar-refractivity contribution in [2.75, 3.05) is 5.32 Å². The molecule has 0 unspecified atom stereocenters. The Bertz CT molecular complexity index is 661. The third-order valence-electron chi connectivity index (χ3n) is 2.39. The Kier molecular flexibility index (Phi) is 7.61. The van der Waals surface area contributed by atoms with Crippen LogP contribution < -0.4 is 15.8 Å². The molecule has 0 saturated carbocycles. The summed E-state index contributed by atoms with van der Waals surface area (Å²) in [7, 11) is 0. The number of nitrogens with zero attached hydrogens (tertiary/aromatic N) is 1. The van der Waals surface area contributed by atoms with E-state index in [9.17, 15) is 13.2 Å². The zero-order valence-corrected chi connectivity index (χ0v) is 16.2. The van der Waals surface area contributed by atoms with Crippen molar-refractivity contribution >= 4 is 62.9 Å². The number of nitrogens with one attached hydrogen (secondary N) is 1. The molecule has 2 aromatic rings. The maximum absolute atomic E-state index is 12.0. The summed E-state index contributed by atoms with van der Waals surface area (Å²) in [6.07, 6.45) is -4.70. The first-order valence-corrected chi connectivity index (χ1v) is 7.65. The van der Waals surface area contributed by atoms with Crippen LogP contribution >= 0.6 is 51.2 Å². The van der Waals surface area contributed by atoms with Gasteiger partial charge < -0.3 is 15.8 Å². The zero-order valence-electron chi connectivity index (χ0n) is 11.4. The van der Waals surface area contributed by atoms with Crippen molar-refractivity contribution in [2.45, 2.75) is 12.9 Å². The highest BCUT2D eigenvalue weighted by atomic mass is 127.